The van der Waals surface area contributed by atoms with Crippen LogP contribution in [0.1, 0.15) is 30.3 Å². The maximum atomic E-state index is 12.7. The highest BCUT2D eigenvalue weighted by molar-refractivity contribution is 7.89. The minimum absolute atomic E-state index is 0.108. The molecule has 0 fully saturated rings. The molecule has 2 aromatic carbocycles. The summed E-state index contributed by atoms with van der Waals surface area (Å²) in [5.74, 6) is -0.0327. The highest BCUT2D eigenvalue weighted by atomic mass is 35.5. The van der Waals surface area contributed by atoms with E-state index in [1.165, 1.54) is 6.07 Å². The van der Waals surface area contributed by atoms with E-state index in [0.29, 0.717) is 21.4 Å². The molecular formula is C20H21Cl2N5O3S. The Balaban J connectivity index is 1.69. The molecule has 3 aromatic rings. The highest BCUT2D eigenvalue weighted by Gasteiger charge is 2.25. The van der Waals surface area contributed by atoms with Gasteiger partial charge in [-0.3, -0.25) is 4.79 Å². The van der Waals surface area contributed by atoms with E-state index in [9.17, 15) is 13.2 Å². The van der Waals surface area contributed by atoms with Crippen LogP contribution in [0.2, 0.25) is 10.0 Å². The maximum Gasteiger partial charge on any atom is 0.241 e. The normalized spacial score (nSPS) is 12.6. The monoisotopic (exact) mass is 481 g/mol. The second kappa shape index (κ2) is 9.86. The molecule has 3 rings (SSSR count). The van der Waals surface area contributed by atoms with Crippen molar-refractivity contribution in [3.8, 4) is 0 Å². The second-order valence-corrected chi connectivity index (χ2v) is 9.51. The smallest absolute Gasteiger partial charge is 0.241 e. The first-order valence-corrected chi connectivity index (χ1v) is 11.7. The van der Waals surface area contributed by atoms with Gasteiger partial charge in [-0.2, -0.15) is 4.80 Å². The summed E-state index contributed by atoms with van der Waals surface area (Å²) in [6.45, 7) is 3.30. The number of rotatable bonds is 9. The predicted molar refractivity (Wildman–Crippen MR) is 118 cm³/mol. The number of aryl methyl sites for hydroxylation is 1. The molecule has 0 aliphatic carbocycles. The number of sulfonamides is 1. The van der Waals surface area contributed by atoms with Crippen molar-refractivity contribution in [2.24, 2.45) is 0 Å². The van der Waals surface area contributed by atoms with Crippen molar-refractivity contribution in [3.05, 3.63) is 69.5 Å². The Hall–Kier alpha value is -2.33. The number of benzene rings is 2. The number of hydrogen-bond acceptors (Lipinski definition) is 6. The summed E-state index contributed by atoms with van der Waals surface area (Å²) in [6, 6.07) is 10.7. The van der Waals surface area contributed by atoms with E-state index in [4.69, 9.17) is 23.2 Å². The predicted octanol–water partition coefficient (Wildman–Crippen LogP) is 3.21. The van der Waals surface area contributed by atoms with Crippen LogP contribution in [0.25, 0.3) is 0 Å². The zero-order valence-corrected chi connectivity index (χ0v) is 19.2. The average molecular weight is 482 g/mol. The van der Waals surface area contributed by atoms with Gasteiger partial charge in [0.15, 0.2) is 11.6 Å². The van der Waals surface area contributed by atoms with Crippen LogP contribution in [0.3, 0.4) is 0 Å². The Morgan fingerprint density at radius 1 is 1.16 bits per heavy atom. The molecule has 1 heterocycles. The van der Waals surface area contributed by atoms with Gasteiger partial charge in [-0.1, -0.05) is 48.3 Å². The Morgan fingerprint density at radius 2 is 1.84 bits per heavy atom. The number of aromatic nitrogens is 4. The fourth-order valence-electron chi connectivity index (χ4n) is 2.94. The van der Waals surface area contributed by atoms with Crippen LogP contribution in [-0.2, 0) is 27.8 Å². The lowest BCUT2D eigenvalue weighted by Crippen LogP contribution is -2.42. The van der Waals surface area contributed by atoms with Crippen LogP contribution in [0.15, 0.2) is 47.4 Å². The number of nitrogens with zero attached hydrogens (tertiary/aromatic N) is 4. The molecule has 0 bridgehead atoms. The van der Waals surface area contributed by atoms with Gasteiger partial charge in [0, 0.05) is 16.5 Å². The van der Waals surface area contributed by atoms with Crippen molar-refractivity contribution in [1.29, 1.82) is 0 Å². The third kappa shape index (κ3) is 5.88. The summed E-state index contributed by atoms with van der Waals surface area (Å²) >= 11 is 12.3. The van der Waals surface area contributed by atoms with Crippen molar-refractivity contribution in [3.63, 3.8) is 0 Å². The quantitative estimate of drug-likeness (QED) is 0.502. The van der Waals surface area contributed by atoms with Crippen LogP contribution >= 0.6 is 23.2 Å². The van der Waals surface area contributed by atoms with Gasteiger partial charge in [0.25, 0.3) is 0 Å². The molecule has 1 atom stereocenters. The Morgan fingerprint density at radius 3 is 2.48 bits per heavy atom. The third-order valence-electron chi connectivity index (χ3n) is 4.58. The van der Waals surface area contributed by atoms with E-state index < -0.39 is 16.1 Å². The zero-order valence-electron chi connectivity index (χ0n) is 16.9. The Kier molecular flexibility index (Phi) is 7.42. The van der Waals surface area contributed by atoms with Crippen LogP contribution in [0.4, 0.5) is 0 Å². The third-order valence-corrected chi connectivity index (χ3v) is 6.76. The number of nitrogens with one attached hydrogen (secondary N) is 1. The van der Waals surface area contributed by atoms with Gasteiger partial charge in [0.1, 0.15) is 6.54 Å². The fraction of sp³-hybridized carbons (Fsp3) is 0.300. The molecule has 11 heteroatoms. The van der Waals surface area contributed by atoms with Crippen molar-refractivity contribution < 1.29 is 13.2 Å². The van der Waals surface area contributed by atoms with E-state index in [1.807, 2.05) is 0 Å². The molecule has 31 heavy (non-hydrogen) atoms. The van der Waals surface area contributed by atoms with Crippen LogP contribution in [0.5, 0.6) is 0 Å². The number of ketones is 1. The first kappa shape index (κ1) is 23.3. The van der Waals surface area contributed by atoms with Gasteiger partial charge >= 0.3 is 0 Å². The molecular weight excluding hydrogens is 461 g/mol. The number of halogens is 2. The fourth-order valence-corrected chi connectivity index (χ4v) is 4.88. The van der Waals surface area contributed by atoms with Crippen molar-refractivity contribution in [2.45, 2.75) is 44.2 Å². The molecule has 0 saturated carbocycles. The summed E-state index contributed by atoms with van der Waals surface area (Å²) in [7, 11) is -3.84. The number of hydrogen-bond donors (Lipinski definition) is 1. The zero-order chi connectivity index (χ0) is 22.6. The second-order valence-electron chi connectivity index (χ2n) is 6.98. The van der Waals surface area contributed by atoms with Crippen molar-refractivity contribution in [1.82, 2.24) is 24.9 Å². The first-order valence-electron chi connectivity index (χ1n) is 9.51. The molecule has 0 aliphatic heterocycles. The number of tetrazole rings is 1. The van der Waals surface area contributed by atoms with Gasteiger partial charge in [0.05, 0.1) is 10.9 Å². The molecule has 1 unspecified atom stereocenters. The average Bonchev–Trinajstić information content (AvgIpc) is 3.16. The number of carbonyl (C=O) groups excluding carboxylic acids is 1. The van der Waals surface area contributed by atoms with Gasteiger partial charge in [0.2, 0.25) is 10.0 Å². The molecule has 1 N–H and O–H groups in total. The summed E-state index contributed by atoms with van der Waals surface area (Å²) in [5.41, 5.74) is 1.47. The lowest BCUT2D eigenvalue weighted by Gasteiger charge is -2.16. The summed E-state index contributed by atoms with van der Waals surface area (Å²) in [4.78, 5) is 13.9. The summed E-state index contributed by atoms with van der Waals surface area (Å²) < 4.78 is 27.8. The SMILES string of the molecule is CCC(NS(=O)(=O)c1cccc(C)c1)C(=O)Cn1nnc(Cc2c(Cl)cccc2Cl)n1. The Bertz CT molecular complexity index is 1180. The minimum atomic E-state index is -3.84. The first-order chi connectivity index (χ1) is 14.7. The Labute approximate surface area is 190 Å². The topological polar surface area (TPSA) is 107 Å². The van der Waals surface area contributed by atoms with E-state index in [2.05, 4.69) is 20.1 Å². The molecule has 8 nitrogen and oxygen atoms in total. The molecule has 0 saturated heterocycles. The van der Waals surface area contributed by atoms with Crippen molar-refractivity contribution >= 4 is 39.0 Å². The molecule has 0 aliphatic rings. The standard InChI is InChI=1S/C20H21Cl2N5O3S/c1-3-18(25-31(29,30)14-7-4-6-13(2)10-14)19(28)12-27-24-20(23-26-27)11-15-16(21)8-5-9-17(15)22/h4-10,18,25H,3,11-12H2,1-2H3. The minimum Gasteiger partial charge on any atom is -0.296 e. The summed E-state index contributed by atoms with van der Waals surface area (Å²) in [6.07, 6.45) is 0.532. The number of carbonyl (C=O) groups is 1. The van der Waals surface area contributed by atoms with Crippen LogP contribution in [0, 0.1) is 6.92 Å². The van der Waals surface area contributed by atoms with E-state index in [1.54, 1.807) is 50.2 Å². The van der Waals surface area contributed by atoms with Gasteiger partial charge in [-0.25, -0.2) is 13.1 Å². The number of Topliss-reactive ketones (excluding diaryl/α,β-unsaturated/α-hetero) is 1. The van der Waals surface area contributed by atoms with Gasteiger partial charge in [-0.05, 0) is 54.0 Å². The van der Waals surface area contributed by atoms with E-state index in [0.717, 1.165) is 10.4 Å². The molecule has 0 spiro atoms. The van der Waals surface area contributed by atoms with Crippen molar-refractivity contribution in [2.75, 3.05) is 0 Å². The van der Waals surface area contributed by atoms with Gasteiger partial charge in [-0.15, -0.1) is 10.2 Å². The maximum absolute atomic E-state index is 12.7. The highest BCUT2D eigenvalue weighted by Crippen LogP contribution is 2.25. The van der Waals surface area contributed by atoms with Crippen LogP contribution < -0.4 is 4.72 Å². The van der Waals surface area contributed by atoms with Crippen LogP contribution in [-0.4, -0.2) is 40.5 Å². The van der Waals surface area contributed by atoms with E-state index in [-0.39, 0.29) is 30.1 Å². The lowest BCUT2D eigenvalue weighted by molar-refractivity contribution is -0.121. The molecule has 1 aromatic heterocycles. The summed E-state index contributed by atoms with van der Waals surface area (Å²) in [5, 5.41) is 13.0. The molecule has 0 radical (unpaired) electrons. The van der Waals surface area contributed by atoms with E-state index >= 15 is 0 Å². The molecule has 164 valence electrons. The molecule has 0 amide bonds. The van der Waals surface area contributed by atoms with Gasteiger partial charge < -0.3 is 0 Å². The lowest BCUT2D eigenvalue weighted by atomic mass is 10.1. The largest absolute Gasteiger partial charge is 0.296 e.